The van der Waals surface area contributed by atoms with Crippen LogP contribution in [0.4, 0.5) is 0 Å². The molecule has 0 saturated heterocycles. The van der Waals surface area contributed by atoms with Crippen LogP contribution in [0.2, 0.25) is 0 Å². The minimum atomic E-state index is 0. The number of phenolic OH excluding ortho intramolecular Hbond substituents is 1. The van der Waals surface area contributed by atoms with Crippen LogP contribution in [0.15, 0.2) is 18.2 Å². The van der Waals surface area contributed by atoms with Crippen molar-refractivity contribution >= 4 is 19.8 Å². The first kappa shape index (κ1) is 10.8. The zero-order chi connectivity index (χ0) is 8.27. The van der Waals surface area contributed by atoms with Gasteiger partial charge >= 0.3 is 0 Å². The Bertz CT molecular complexity index is 273. The van der Waals surface area contributed by atoms with E-state index < -0.39 is 0 Å². The zero-order valence-electron chi connectivity index (χ0n) is 6.57. The molecule has 1 aromatic rings. The maximum Gasteiger partial charge on any atom is 0.161 e. The highest BCUT2D eigenvalue weighted by atomic mass is 32.1. The Kier molecular flexibility index (Phi) is 4.21. The van der Waals surface area contributed by atoms with Gasteiger partial charge in [0.15, 0.2) is 11.5 Å². The van der Waals surface area contributed by atoms with Crippen LogP contribution in [0.25, 0.3) is 0 Å². The first-order valence-corrected chi connectivity index (χ1v) is 3.10. The first-order valence-electron chi connectivity index (χ1n) is 3.10. The summed E-state index contributed by atoms with van der Waals surface area (Å²) in [6.07, 6.45) is 0.696. The largest absolute Gasteiger partial charge is 0.504 e. The number of methoxy groups -OCH3 is 1. The van der Waals surface area contributed by atoms with Crippen LogP contribution in [-0.4, -0.2) is 18.5 Å². The topological polar surface area (TPSA) is 46.5 Å². The number of rotatable bonds is 2. The number of aromatic hydroxyl groups is 1. The summed E-state index contributed by atoms with van der Waals surface area (Å²) in [7, 11) is 1.43. The third-order valence-electron chi connectivity index (χ3n) is 1.34. The van der Waals surface area contributed by atoms with Gasteiger partial charge in [-0.25, -0.2) is 0 Å². The lowest BCUT2D eigenvalue weighted by molar-refractivity contribution is 0.112. The van der Waals surface area contributed by atoms with Crippen molar-refractivity contribution in [3.63, 3.8) is 0 Å². The second kappa shape index (κ2) is 4.66. The SMILES string of the molecule is COc1cc(C=O)ccc1O.S. The molecule has 66 valence electrons. The van der Waals surface area contributed by atoms with Crippen molar-refractivity contribution < 1.29 is 14.6 Å². The minimum Gasteiger partial charge on any atom is -0.504 e. The van der Waals surface area contributed by atoms with Gasteiger partial charge in [0.2, 0.25) is 0 Å². The predicted octanol–water partition coefficient (Wildman–Crippen LogP) is 1.33. The van der Waals surface area contributed by atoms with Crippen molar-refractivity contribution in [1.29, 1.82) is 0 Å². The van der Waals surface area contributed by atoms with Gasteiger partial charge in [0.1, 0.15) is 6.29 Å². The highest BCUT2D eigenvalue weighted by Gasteiger charge is 2.00. The van der Waals surface area contributed by atoms with Crippen molar-refractivity contribution in [2.75, 3.05) is 7.11 Å². The number of hydrogen-bond acceptors (Lipinski definition) is 3. The van der Waals surface area contributed by atoms with Crippen LogP contribution >= 0.6 is 13.5 Å². The Balaban J connectivity index is 0.00000121. The van der Waals surface area contributed by atoms with E-state index in [4.69, 9.17) is 9.84 Å². The molecule has 0 atom stereocenters. The van der Waals surface area contributed by atoms with E-state index in [0.717, 1.165) is 0 Å². The standard InChI is InChI=1S/C8H8O3.H2S/c1-11-8-4-6(5-9)2-3-7(8)10;/h2-5,10H,1H3;1H2. The normalized spacial score (nSPS) is 8.42. The second-order valence-electron chi connectivity index (χ2n) is 2.05. The van der Waals surface area contributed by atoms with Crippen molar-refractivity contribution in [3.8, 4) is 11.5 Å². The molecule has 0 aromatic heterocycles. The van der Waals surface area contributed by atoms with E-state index in [-0.39, 0.29) is 19.2 Å². The summed E-state index contributed by atoms with van der Waals surface area (Å²) in [5, 5.41) is 9.09. The quantitative estimate of drug-likeness (QED) is 0.709. The summed E-state index contributed by atoms with van der Waals surface area (Å²) in [4.78, 5) is 10.2. The van der Waals surface area contributed by atoms with Gasteiger partial charge in [-0.2, -0.15) is 13.5 Å². The molecular formula is C8H10O3S. The van der Waals surface area contributed by atoms with Crippen molar-refractivity contribution in [2.45, 2.75) is 0 Å². The third kappa shape index (κ3) is 2.17. The molecule has 4 heteroatoms. The first-order chi connectivity index (χ1) is 5.27. The Hall–Kier alpha value is -1.16. The fourth-order valence-electron chi connectivity index (χ4n) is 0.768. The number of carbonyl (C=O) groups excluding carboxylic acids is 1. The fraction of sp³-hybridized carbons (Fsp3) is 0.125. The maximum absolute atomic E-state index is 10.2. The molecule has 0 aliphatic rings. The zero-order valence-corrected chi connectivity index (χ0v) is 7.57. The molecule has 0 amide bonds. The number of carbonyl (C=O) groups is 1. The van der Waals surface area contributed by atoms with Gasteiger partial charge in [0.05, 0.1) is 7.11 Å². The molecule has 3 nitrogen and oxygen atoms in total. The molecule has 1 rings (SSSR count). The highest BCUT2D eigenvalue weighted by Crippen LogP contribution is 2.25. The molecule has 0 radical (unpaired) electrons. The third-order valence-corrected chi connectivity index (χ3v) is 1.34. The molecule has 0 aliphatic heterocycles. The van der Waals surface area contributed by atoms with Crippen LogP contribution in [0.5, 0.6) is 11.5 Å². The molecule has 0 aliphatic carbocycles. The van der Waals surface area contributed by atoms with Crippen molar-refractivity contribution in [3.05, 3.63) is 23.8 Å². The van der Waals surface area contributed by atoms with Gasteiger partial charge in [-0.15, -0.1) is 0 Å². The molecular weight excluding hydrogens is 176 g/mol. The van der Waals surface area contributed by atoms with Gasteiger partial charge in [-0.1, -0.05) is 0 Å². The smallest absolute Gasteiger partial charge is 0.161 e. The van der Waals surface area contributed by atoms with Gasteiger partial charge < -0.3 is 9.84 Å². The Morgan fingerprint density at radius 2 is 2.17 bits per heavy atom. The molecule has 0 fully saturated rings. The molecule has 0 heterocycles. The molecule has 0 bridgehead atoms. The van der Waals surface area contributed by atoms with Gasteiger partial charge in [-0.3, -0.25) is 4.79 Å². The van der Waals surface area contributed by atoms with E-state index >= 15 is 0 Å². The van der Waals surface area contributed by atoms with Crippen molar-refractivity contribution in [2.24, 2.45) is 0 Å². The van der Waals surface area contributed by atoms with E-state index in [1.807, 2.05) is 0 Å². The van der Waals surface area contributed by atoms with Crippen LogP contribution in [0.3, 0.4) is 0 Å². The number of aldehydes is 1. The van der Waals surface area contributed by atoms with Gasteiger partial charge in [0, 0.05) is 5.56 Å². The summed E-state index contributed by atoms with van der Waals surface area (Å²) < 4.78 is 4.78. The Morgan fingerprint density at radius 3 is 2.67 bits per heavy atom. The summed E-state index contributed by atoms with van der Waals surface area (Å²) >= 11 is 0. The molecule has 12 heavy (non-hydrogen) atoms. The van der Waals surface area contributed by atoms with E-state index in [2.05, 4.69) is 0 Å². The van der Waals surface area contributed by atoms with Crippen LogP contribution in [-0.2, 0) is 0 Å². The molecule has 0 spiro atoms. The van der Waals surface area contributed by atoms with Crippen LogP contribution in [0, 0.1) is 0 Å². The summed E-state index contributed by atoms with van der Waals surface area (Å²) in [6.45, 7) is 0. The Morgan fingerprint density at radius 1 is 1.50 bits per heavy atom. The lowest BCUT2D eigenvalue weighted by Crippen LogP contribution is -1.85. The average Bonchev–Trinajstić information content (AvgIpc) is 2.05. The van der Waals surface area contributed by atoms with Crippen molar-refractivity contribution in [1.82, 2.24) is 0 Å². The number of phenols is 1. The minimum absolute atomic E-state index is 0. The summed E-state index contributed by atoms with van der Waals surface area (Å²) in [5.74, 6) is 0.354. The molecule has 1 aromatic carbocycles. The van der Waals surface area contributed by atoms with Gasteiger partial charge in [0.25, 0.3) is 0 Å². The number of ether oxygens (including phenoxy) is 1. The molecule has 0 unspecified atom stereocenters. The summed E-state index contributed by atoms with van der Waals surface area (Å²) in [5.41, 5.74) is 0.486. The fourth-order valence-corrected chi connectivity index (χ4v) is 0.768. The van der Waals surface area contributed by atoms with Crippen LogP contribution < -0.4 is 4.74 Å². The van der Waals surface area contributed by atoms with E-state index in [1.54, 1.807) is 0 Å². The monoisotopic (exact) mass is 186 g/mol. The maximum atomic E-state index is 10.2. The van der Waals surface area contributed by atoms with E-state index in [9.17, 15) is 4.79 Å². The highest BCUT2D eigenvalue weighted by molar-refractivity contribution is 7.59. The Labute approximate surface area is 77.4 Å². The lowest BCUT2D eigenvalue weighted by atomic mass is 10.2. The van der Waals surface area contributed by atoms with E-state index in [0.29, 0.717) is 17.6 Å². The summed E-state index contributed by atoms with van der Waals surface area (Å²) in [6, 6.07) is 4.41. The number of benzene rings is 1. The predicted molar refractivity (Wildman–Crippen MR) is 50.4 cm³/mol. The number of hydrogen-bond donors (Lipinski definition) is 1. The average molecular weight is 186 g/mol. The van der Waals surface area contributed by atoms with E-state index in [1.165, 1.54) is 25.3 Å². The second-order valence-corrected chi connectivity index (χ2v) is 2.05. The molecule has 0 saturated carbocycles. The van der Waals surface area contributed by atoms with Crippen LogP contribution in [0.1, 0.15) is 10.4 Å². The lowest BCUT2D eigenvalue weighted by Gasteiger charge is -2.01. The molecule has 1 N–H and O–H groups in total. The van der Waals surface area contributed by atoms with Gasteiger partial charge in [-0.05, 0) is 18.2 Å².